The van der Waals surface area contributed by atoms with Crippen molar-refractivity contribution in [3.05, 3.63) is 53.7 Å². The fraction of sp³-hybridized carbons (Fsp3) is 0.429. The first-order chi connectivity index (χ1) is 12.8. The van der Waals surface area contributed by atoms with Gasteiger partial charge >= 0.3 is 0 Å². The number of para-hydroxylation sites is 1. The lowest BCUT2D eigenvalue weighted by Crippen LogP contribution is -2.36. The van der Waals surface area contributed by atoms with Crippen LogP contribution in [0.5, 0.6) is 5.75 Å². The second-order valence-corrected chi connectivity index (χ2v) is 6.73. The number of hydrogen-bond donors (Lipinski definition) is 2. The van der Waals surface area contributed by atoms with E-state index in [9.17, 15) is 4.79 Å². The summed E-state index contributed by atoms with van der Waals surface area (Å²) in [6.07, 6.45) is 8.35. The van der Waals surface area contributed by atoms with E-state index in [2.05, 4.69) is 21.7 Å². The van der Waals surface area contributed by atoms with Crippen molar-refractivity contribution >= 4 is 11.7 Å². The molecule has 0 radical (unpaired) electrons. The second kappa shape index (κ2) is 9.22. The highest BCUT2D eigenvalue weighted by atomic mass is 16.5. The van der Waals surface area contributed by atoms with Crippen LogP contribution < -0.4 is 15.4 Å². The number of rotatable bonds is 7. The van der Waals surface area contributed by atoms with E-state index in [1.165, 1.54) is 19.3 Å². The molecule has 0 spiro atoms. The summed E-state index contributed by atoms with van der Waals surface area (Å²) in [5, 5.41) is 6.41. The van der Waals surface area contributed by atoms with Crippen LogP contribution in [0.15, 0.2) is 42.6 Å². The highest BCUT2D eigenvalue weighted by molar-refractivity contribution is 5.94. The van der Waals surface area contributed by atoms with Gasteiger partial charge in [-0.3, -0.25) is 4.79 Å². The molecule has 0 saturated heterocycles. The van der Waals surface area contributed by atoms with E-state index in [1.807, 2.05) is 30.3 Å². The van der Waals surface area contributed by atoms with Gasteiger partial charge in [0, 0.05) is 18.8 Å². The van der Waals surface area contributed by atoms with Crippen molar-refractivity contribution in [2.75, 3.05) is 19.0 Å². The Morgan fingerprint density at radius 1 is 1.15 bits per heavy atom. The maximum atomic E-state index is 12.3. The molecule has 5 nitrogen and oxygen atoms in total. The minimum absolute atomic E-state index is 0.0232. The summed E-state index contributed by atoms with van der Waals surface area (Å²) in [5.41, 5.74) is 1.77. The van der Waals surface area contributed by atoms with Crippen molar-refractivity contribution in [1.29, 1.82) is 0 Å². The molecule has 1 heterocycles. The standard InChI is InChI=1S/C21H27N3O2/c1-26-19-10-6-5-7-16(19)13-14-22-20-12-11-17(15-23-20)21(25)24-18-8-3-2-4-9-18/h5-7,10-12,15,18H,2-4,8-9,13-14H2,1H3,(H,22,23)(H,24,25). The van der Waals surface area contributed by atoms with E-state index < -0.39 is 0 Å². The Bertz CT molecular complexity index is 709. The van der Waals surface area contributed by atoms with Crippen molar-refractivity contribution in [2.45, 2.75) is 44.6 Å². The van der Waals surface area contributed by atoms with Gasteiger partial charge in [0.2, 0.25) is 0 Å². The van der Waals surface area contributed by atoms with Crippen LogP contribution in [0.25, 0.3) is 0 Å². The fourth-order valence-corrected chi connectivity index (χ4v) is 3.38. The summed E-state index contributed by atoms with van der Waals surface area (Å²) >= 11 is 0. The van der Waals surface area contributed by atoms with Crippen LogP contribution in [-0.4, -0.2) is 30.6 Å². The second-order valence-electron chi connectivity index (χ2n) is 6.73. The van der Waals surface area contributed by atoms with E-state index in [1.54, 1.807) is 13.3 Å². The quantitative estimate of drug-likeness (QED) is 0.794. The summed E-state index contributed by atoms with van der Waals surface area (Å²) in [7, 11) is 1.69. The minimum Gasteiger partial charge on any atom is -0.496 e. The van der Waals surface area contributed by atoms with E-state index in [-0.39, 0.29) is 5.91 Å². The number of pyridine rings is 1. The van der Waals surface area contributed by atoms with Crippen molar-refractivity contribution in [3.8, 4) is 5.75 Å². The Morgan fingerprint density at radius 2 is 1.96 bits per heavy atom. The Hall–Kier alpha value is -2.56. The molecule has 5 heteroatoms. The molecule has 1 saturated carbocycles. The van der Waals surface area contributed by atoms with Crippen LogP contribution in [0, 0.1) is 0 Å². The third kappa shape index (κ3) is 4.97. The Morgan fingerprint density at radius 3 is 2.69 bits per heavy atom. The van der Waals surface area contributed by atoms with Crippen molar-refractivity contribution < 1.29 is 9.53 Å². The first kappa shape index (κ1) is 18.2. The molecule has 2 aromatic rings. The number of ether oxygens (including phenoxy) is 1. The number of aromatic nitrogens is 1. The summed E-state index contributed by atoms with van der Waals surface area (Å²) in [6.45, 7) is 0.751. The molecule has 1 aliphatic rings. The SMILES string of the molecule is COc1ccccc1CCNc1ccc(C(=O)NC2CCCCC2)cn1. The highest BCUT2D eigenvalue weighted by Crippen LogP contribution is 2.19. The van der Waals surface area contributed by atoms with Crippen LogP contribution in [-0.2, 0) is 6.42 Å². The molecular formula is C21H27N3O2. The van der Waals surface area contributed by atoms with Crippen LogP contribution in [0.4, 0.5) is 5.82 Å². The number of benzene rings is 1. The monoisotopic (exact) mass is 353 g/mol. The molecule has 1 amide bonds. The highest BCUT2D eigenvalue weighted by Gasteiger charge is 2.16. The summed E-state index contributed by atoms with van der Waals surface area (Å²) in [5.74, 6) is 1.65. The lowest BCUT2D eigenvalue weighted by Gasteiger charge is -2.22. The normalized spacial score (nSPS) is 14.7. The summed E-state index contributed by atoms with van der Waals surface area (Å²) < 4.78 is 5.36. The average Bonchev–Trinajstić information content (AvgIpc) is 2.69. The van der Waals surface area contributed by atoms with E-state index >= 15 is 0 Å². The molecule has 0 unspecified atom stereocenters. The summed E-state index contributed by atoms with van der Waals surface area (Å²) in [6, 6.07) is 12.0. The predicted octanol–water partition coefficient (Wildman–Crippen LogP) is 3.81. The number of carbonyl (C=O) groups excluding carboxylic acids is 1. The molecule has 0 bridgehead atoms. The number of nitrogens with zero attached hydrogens (tertiary/aromatic N) is 1. The fourth-order valence-electron chi connectivity index (χ4n) is 3.38. The van der Waals surface area contributed by atoms with Gasteiger partial charge in [0.25, 0.3) is 5.91 Å². The smallest absolute Gasteiger partial charge is 0.253 e. The van der Waals surface area contributed by atoms with Gasteiger partial charge in [-0.25, -0.2) is 4.98 Å². The summed E-state index contributed by atoms with van der Waals surface area (Å²) in [4.78, 5) is 16.7. The lowest BCUT2D eigenvalue weighted by molar-refractivity contribution is 0.0927. The lowest BCUT2D eigenvalue weighted by atomic mass is 9.95. The first-order valence-corrected chi connectivity index (χ1v) is 9.39. The van der Waals surface area contributed by atoms with Crippen molar-refractivity contribution in [3.63, 3.8) is 0 Å². The van der Waals surface area contributed by atoms with Crippen LogP contribution in [0.3, 0.4) is 0 Å². The largest absolute Gasteiger partial charge is 0.496 e. The van der Waals surface area contributed by atoms with Gasteiger partial charge in [-0.2, -0.15) is 0 Å². The zero-order valence-corrected chi connectivity index (χ0v) is 15.3. The maximum Gasteiger partial charge on any atom is 0.253 e. The molecule has 3 rings (SSSR count). The molecule has 1 aromatic heterocycles. The molecule has 2 N–H and O–H groups in total. The van der Waals surface area contributed by atoms with Crippen LogP contribution >= 0.6 is 0 Å². The van der Waals surface area contributed by atoms with Crippen molar-refractivity contribution in [2.24, 2.45) is 0 Å². The van der Waals surface area contributed by atoms with E-state index in [0.717, 1.165) is 42.9 Å². The number of methoxy groups -OCH3 is 1. The zero-order valence-electron chi connectivity index (χ0n) is 15.3. The molecule has 1 aromatic carbocycles. The third-order valence-electron chi connectivity index (χ3n) is 4.86. The van der Waals surface area contributed by atoms with Gasteiger partial charge in [0.15, 0.2) is 0 Å². The average molecular weight is 353 g/mol. The number of nitrogens with one attached hydrogen (secondary N) is 2. The van der Waals surface area contributed by atoms with Gasteiger partial charge in [0.05, 0.1) is 12.7 Å². The maximum absolute atomic E-state index is 12.3. The molecule has 0 aliphatic heterocycles. The molecule has 26 heavy (non-hydrogen) atoms. The Balaban J connectivity index is 1.48. The van der Waals surface area contributed by atoms with Gasteiger partial charge in [-0.05, 0) is 43.0 Å². The number of hydrogen-bond acceptors (Lipinski definition) is 4. The van der Waals surface area contributed by atoms with Crippen molar-refractivity contribution in [1.82, 2.24) is 10.3 Å². The number of carbonyl (C=O) groups is 1. The number of amides is 1. The Kier molecular flexibility index (Phi) is 6.47. The first-order valence-electron chi connectivity index (χ1n) is 9.39. The van der Waals surface area contributed by atoms with Gasteiger partial charge < -0.3 is 15.4 Å². The topological polar surface area (TPSA) is 63.2 Å². The molecule has 138 valence electrons. The van der Waals surface area contributed by atoms with Crippen LogP contribution in [0.2, 0.25) is 0 Å². The zero-order chi connectivity index (χ0) is 18.2. The number of anilines is 1. The third-order valence-corrected chi connectivity index (χ3v) is 4.86. The van der Waals surface area contributed by atoms with E-state index in [0.29, 0.717) is 11.6 Å². The van der Waals surface area contributed by atoms with Gasteiger partial charge in [-0.1, -0.05) is 37.5 Å². The molecular weight excluding hydrogens is 326 g/mol. The van der Waals surface area contributed by atoms with Gasteiger partial charge in [0.1, 0.15) is 11.6 Å². The van der Waals surface area contributed by atoms with E-state index in [4.69, 9.17) is 4.74 Å². The molecule has 1 aliphatic carbocycles. The minimum atomic E-state index is -0.0232. The molecule has 1 fully saturated rings. The molecule has 0 atom stereocenters. The predicted molar refractivity (Wildman–Crippen MR) is 104 cm³/mol. The van der Waals surface area contributed by atoms with Crippen LogP contribution in [0.1, 0.15) is 48.0 Å². The van der Waals surface area contributed by atoms with Gasteiger partial charge in [-0.15, -0.1) is 0 Å². The Labute approximate surface area is 155 Å².